The summed E-state index contributed by atoms with van der Waals surface area (Å²) >= 11 is 1.25. The predicted molar refractivity (Wildman–Crippen MR) is 90.5 cm³/mol. The van der Waals surface area contributed by atoms with Crippen molar-refractivity contribution >= 4 is 28.8 Å². The third-order valence-electron chi connectivity index (χ3n) is 3.46. The summed E-state index contributed by atoms with van der Waals surface area (Å²) in [4.78, 5) is 25.0. The van der Waals surface area contributed by atoms with Gasteiger partial charge in [0.25, 0.3) is 5.91 Å². The molecule has 0 spiro atoms. The first-order valence-electron chi connectivity index (χ1n) is 7.51. The number of rotatable bonds is 5. The number of hydrogen-bond donors (Lipinski definition) is 2. The lowest BCUT2D eigenvalue weighted by molar-refractivity contribution is -0.137. The van der Waals surface area contributed by atoms with Crippen molar-refractivity contribution in [1.82, 2.24) is 5.32 Å². The van der Waals surface area contributed by atoms with E-state index in [0.29, 0.717) is 4.88 Å². The van der Waals surface area contributed by atoms with Gasteiger partial charge in [-0.3, -0.25) is 9.59 Å². The summed E-state index contributed by atoms with van der Waals surface area (Å²) < 4.78 is 37.7. The number of amides is 2. The van der Waals surface area contributed by atoms with Gasteiger partial charge in [-0.1, -0.05) is 19.9 Å². The van der Waals surface area contributed by atoms with Gasteiger partial charge in [0.15, 0.2) is 0 Å². The maximum atomic E-state index is 12.6. The zero-order chi connectivity index (χ0) is 18.6. The van der Waals surface area contributed by atoms with Crippen molar-refractivity contribution in [2.45, 2.75) is 26.1 Å². The maximum Gasteiger partial charge on any atom is 0.416 e. The van der Waals surface area contributed by atoms with Crippen LogP contribution in [-0.4, -0.2) is 17.9 Å². The minimum absolute atomic E-state index is 0.196. The molecular weight excluding hydrogens is 353 g/mol. The highest BCUT2D eigenvalue weighted by atomic mass is 32.1. The second-order valence-corrected chi connectivity index (χ2v) is 6.68. The molecule has 1 heterocycles. The highest BCUT2D eigenvalue weighted by molar-refractivity contribution is 7.12. The van der Waals surface area contributed by atoms with E-state index in [1.165, 1.54) is 23.5 Å². The molecular formula is C17H17F3N2O2S. The van der Waals surface area contributed by atoms with E-state index in [2.05, 4.69) is 10.6 Å². The first kappa shape index (κ1) is 19.0. The number of alkyl halides is 3. The van der Waals surface area contributed by atoms with Gasteiger partial charge in [-0.05, 0) is 41.6 Å². The van der Waals surface area contributed by atoms with Crippen molar-refractivity contribution in [3.05, 3.63) is 52.2 Å². The Bertz CT molecular complexity index is 725. The molecule has 0 saturated heterocycles. The van der Waals surface area contributed by atoms with Gasteiger partial charge in [0.05, 0.1) is 10.4 Å². The minimum atomic E-state index is -4.43. The van der Waals surface area contributed by atoms with E-state index in [-0.39, 0.29) is 17.5 Å². The molecule has 0 fully saturated rings. The van der Waals surface area contributed by atoms with Crippen LogP contribution in [0.1, 0.15) is 29.1 Å². The number of benzene rings is 1. The molecule has 8 heteroatoms. The van der Waals surface area contributed by atoms with Crippen LogP contribution in [0, 0.1) is 5.92 Å². The van der Waals surface area contributed by atoms with E-state index in [4.69, 9.17) is 0 Å². The number of carbonyl (C=O) groups is 2. The molecule has 25 heavy (non-hydrogen) atoms. The molecule has 0 aliphatic carbocycles. The summed E-state index contributed by atoms with van der Waals surface area (Å²) in [5, 5.41) is 6.94. The Hall–Kier alpha value is -2.35. The molecule has 0 bridgehead atoms. The standard InChI is InChI=1S/C17H17F3N2O2S/c1-10(2)14(22-15(23)13-4-3-9-25-13)16(24)21-12-7-5-11(6-8-12)17(18,19)20/h3-10,14H,1-2H3,(H,21,24)(H,22,23)/t14-/m0/s1. The molecule has 0 unspecified atom stereocenters. The van der Waals surface area contributed by atoms with Crippen LogP contribution in [0.25, 0.3) is 0 Å². The van der Waals surface area contributed by atoms with Crippen molar-refractivity contribution in [1.29, 1.82) is 0 Å². The van der Waals surface area contributed by atoms with Crippen LogP contribution in [0.3, 0.4) is 0 Å². The smallest absolute Gasteiger partial charge is 0.339 e. The Kier molecular flexibility index (Phi) is 5.84. The van der Waals surface area contributed by atoms with Gasteiger partial charge in [-0.15, -0.1) is 11.3 Å². The van der Waals surface area contributed by atoms with Crippen molar-refractivity contribution in [2.24, 2.45) is 5.92 Å². The second kappa shape index (κ2) is 7.69. The van der Waals surface area contributed by atoms with Crippen LogP contribution in [0.5, 0.6) is 0 Å². The van der Waals surface area contributed by atoms with Crippen LogP contribution in [-0.2, 0) is 11.0 Å². The van der Waals surface area contributed by atoms with Gasteiger partial charge in [0.2, 0.25) is 5.91 Å². The zero-order valence-electron chi connectivity index (χ0n) is 13.6. The normalized spacial score (nSPS) is 12.7. The van der Waals surface area contributed by atoms with Crippen LogP contribution in [0.15, 0.2) is 41.8 Å². The molecule has 2 N–H and O–H groups in total. The summed E-state index contributed by atoms with van der Waals surface area (Å²) in [7, 11) is 0. The molecule has 0 saturated carbocycles. The lowest BCUT2D eigenvalue weighted by Gasteiger charge is -2.21. The van der Waals surface area contributed by atoms with Crippen LogP contribution < -0.4 is 10.6 Å². The molecule has 134 valence electrons. The zero-order valence-corrected chi connectivity index (χ0v) is 14.4. The molecule has 0 radical (unpaired) electrons. The monoisotopic (exact) mass is 370 g/mol. The third kappa shape index (κ3) is 5.06. The Labute approximate surface area is 147 Å². The molecule has 1 aromatic carbocycles. The fraction of sp³-hybridized carbons (Fsp3) is 0.294. The van der Waals surface area contributed by atoms with E-state index < -0.39 is 23.7 Å². The Morgan fingerprint density at radius 1 is 1.08 bits per heavy atom. The Morgan fingerprint density at radius 3 is 2.20 bits per heavy atom. The molecule has 2 aromatic rings. The molecule has 1 aromatic heterocycles. The maximum absolute atomic E-state index is 12.6. The number of anilines is 1. The number of carbonyl (C=O) groups excluding carboxylic acids is 2. The average molecular weight is 370 g/mol. The van der Waals surface area contributed by atoms with Gasteiger partial charge in [-0.2, -0.15) is 13.2 Å². The van der Waals surface area contributed by atoms with Crippen molar-refractivity contribution in [3.8, 4) is 0 Å². The summed E-state index contributed by atoms with van der Waals surface area (Å²) in [5.74, 6) is -1.05. The van der Waals surface area contributed by atoms with Crippen LogP contribution in [0.4, 0.5) is 18.9 Å². The molecule has 4 nitrogen and oxygen atoms in total. The van der Waals surface area contributed by atoms with E-state index in [1.807, 2.05) is 0 Å². The number of halogens is 3. The predicted octanol–water partition coefficient (Wildman–Crippen LogP) is 4.16. The molecule has 0 aliphatic rings. The van der Waals surface area contributed by atoms with Gasteiger partial charge in [0.1, 0.15) is 6.04 Å². The number of nitrogens with one attached hydrogen (secondary N) is 2. The summed E-state index contributed by atoms with van der Waals surface area (Å²) in [5.41, 5.74) is -0.564. The summed E-state index contributed by atoms with van der Waals surface area (Å²) in [6, 6.07) is 6.71. The summed E-state index contributed by atoms with van der Waals surface area (Å²) in [6.07, 6.45) is -4.43. The van der Waals surface area contributed by atoms with Crippen LogP contribution >= 0.6 is 11.3 Å². The van der Waals surface area contributed by atoms with Crippen molar-refractivity contribution < 1.29 is 22.8 Å². The van der Waals surface area contributed by atoms with Gasteiger partial charge < -0.3 is 10.6 Å². The van der Waals surface area contributed by atoms with E-state index in [0.717, 1.165) is 12.1 Å². The summed E-state index contributed by atoms with van der Waals surface area (Å²) in [6.45, 7) is 3.54. The van der Waals surface area contributed by atoms with E-state index >= 15 is 0 Å². The molecule has 2 rings (SSSR count). The van der Waals surface area contributed by atoms with Crippen molar-refractivity contribution in [2.75, 3.05) is 5.32 Å². The van der Waals surface area contributed by atoms with Crippen LogP contribution in [0.2, 0.25) is 0 Å². The quantitative estimate of drug-likeness (QED) is 0.830. The lowest BCUT2D eigenvalue weighted by Crippen LogP contribution is -2.46. The molecule has 2 amide bonds. The lowest BCUT2D eigenvalue weighted by atomic mass is 10.0. The highest BCUT2D eigenvalue weighted by Gasteiger charge is 2.30. The van der Waals surface area contributed by atoms with Crippen molar-refractivity contribution in [3.63, 3.8) is 0 Å². The largest absolute Gasteiger partial charge is 0.416 e. The second-order valence-electron chi connectivity index (χ2n) is 5.74. The first-order chi connectivity index (χ1) is 11.7. The molecule has 1 atom stereocenters. The Morgan fingerprint density at radius 2 is 1.72 bits per heavy atom. The van der Waals surface area contributed by atoms with E-state index in [1.54, 1.807) is 31.4 Å². The third-order valence-corrected chi connectivity index (χ3v) is 4.33. The highest BCUT2D eigenvalue weighted by Crippen LogP contribution is 2.29. The fourth-order valence-corrected chi connectivity index (χ4v) is 2.74. The first-order valence-corrected chi connectivity index (χ1v) is 8.39. The van der Waals surface area contributed by atoms with Gasteiger partial charge >= 0.3 is 6.18 Å². The Balaban J connectivity index is 2.06. The number of thiophene rings is 1. The average Bonchev–Trinajstić information content (AvgIpc) is 3.06. The SMILES string of the molecule is CC(C)[C@H](NC(=O)c1cccs1)C(=O)Nc1ccc(C(F)(F)F)cc1. The van der Waals surface area contributed by atoms with Gasteiger partial charge in [-0.25, -0.2) is 0 Å². The topological polar surface area (TPSA) is 58.2 Å². The number of hydrogen-bond acceptors (Lipinski definition) is 3. The minimum Gasteiger partial charge on any atom is -0.339 e. The van der Waals surface area contributed by atoms with Gasteiger partial charge in [0, 0.05) is 5.69 Å². The molecule has 0 aliphatic heterocycles. The van der Waals surface area contributed by atoms with E-state index in [9.17, 15) is 22.8 Å². The fourth-order valence-electron chi connectivity index (χ4n) is 2.12.